The van der Waals surface area contributed by atoms with Crippen molar-refractivity contribution in [3.8, 4) is 0 Å². The average molecular weight is 573 g/mol. The molecule has 0 rings (SSSR count). The maximum atomic E-state index is 11.2. The van der Waals surface area contributed by atoms with E-state index in [9.17, 15) is 19.5 Å². The molecule has 0 aliphatic carbocycles. The molecule has 40 heavy (non-hydrogen) atoms. The molecular weight excluding hydrogens is 524 g/mol. The number of aliphatic hydroxyl groups excluding tert-OH is 1. The molecule has 11 nitrogen and oxygen atoms in total. The highest BCUT2D eigenvalue weighted by atomic mass is 16.5. The van der Waals surface area contributed by atoms with Gasteiger partial charge in [-0.25, -0.2) is 14.4 Å². The lowest BCUT2D eigenvalue weighted by molar-refractivity contribution is -0.139. The van der Waals surface area contributed by atoms with Gasteiger partial charge >= 0.3 is 17.9 Å². The minimum absolute atomic E-state index is 0.120. The molecule has 0 aromatic heterocycles. The van der Waals surface area contributed by atoms with E-state index in [4.69, 9.17) is 33.2 Å². The van der Waals surface area contributed by atoms with E-state index in [0.29, 0.717) is 65.3 Å². The van der Waals surface area contributed by atoms with Crippen molar-refractivity contribution >= 4 is 17.9 Å². The second-order valence-corrected chi connectivity index (χ2v) is 9.65. The summed E-state index contributed by atoms with van der Waals surface area (Å²) in [5.74, 6) is -1.43. The first-order chi connectivity index (χ1) is 19.2. The lowest BCUT2D eigenvalue weighted by Gasteiger charge is -2.34. The zero-order valence-electron chi connectivity index (χ0n) is 24.2. The lowest BCUT2D eigenvalue weighted by atomic mass is 9.87. The summed E-state index contributed by atoms with van der Waals surface area (Å²) in [6, 6.07) is 0. The van der Waals surface area contributed by atoms with Crippen LogP contribution < -0.4 is 0 Å². The van der Waals surface area contributed by atoms with Gasteiger partial charge in [0.25, 0.3) is 0 Å². The average Bonchev–Trinajstić information content (AvgIpc) is 2.96. The Morgan fingerprint density at radius 3 is 1.32 bits per heavy atom. The zero-order chi connectivity index (χ0) is 30.1. The van der Waals surface area contributed by atoms with Gasteiger partial charge in [-0.3, -0.25) is 0 Å². The van der Waals surface area contributed by atoms with Crippen LogP contribution in [-0.4, -0.2) is 102 Å². The minimum Gasteiger partial charge on any atom is -0.462 e. The van der Waals surface area contributed by atoms with E-state index in [2.05, 4.69) is 19.7 Å². The summed E-state index contributed by atoms with van der Waals surface area (Å²) in [5, 5.41) is 10.1. The topological polar surface area (TPSA) is 136 Å². The highest BCUT2D eigenvalue weighted by Gasteiger charge is 2.31. The van der Waals surface area contributed by atoms with Crippen molar-refractivity contribution in [2.24, 2.45) is 10.8 Å². The van der Waals surface area contributed by atoms with Crippen molar-refractivity contribution in [3.05, 3.63) is 38.0 Å². The van der Waals surface area contributed by atoms with Gasteiger partial charge in [-0.05, 0) is 6.42 Å². The van der Waals surface area contributed by atoms with Gasteiger partial charge in [-0.1, -0.05) is 33.6 Å². The van der Waals surface area contributed by atoms with Crippen LogP contribution in [0.1, 0.15) is 39.5 Å². The molecule has 0 aromatic rings. The number of aliphatic hydroxyl groups is 1. The predicted molar refractivity (Wildman–Crippen MR) is 149 cm³/mol. The fourth-order valence-electron chi connectivity index (χ4n) is 3.19. The summed E-state index contributed by atoms with van der Waals surface area (Å²) in [6.07, 6.45) is 5.54. The van der Waals surface area contributed by atoms with Crippen molar-refractivity contribution in [1.82, 2.24) is 0 Å². The van der Waals surface area contributed by atoms with Gasteiger partial charge in [0.15, 0.2) is 0 Å². The van der Waals surface area contributed by atoms with Gasteiger partial charge < -0.3 is 38.3 Å². The standard InChI is InChI=1S/C29H48O11/c1-6-25(31)38-16-10-13-34-20-28(5,21-35-14-11-17-39-26(32)7-2)22-37-24-29(9-4,19-30)23-36-15-12-18-40-27(33)8-3/h6-8,30H,1-3,9-24H2,4-5H3. The normalized spacial score (nSPS) is 12.7. The Bertz CT molecular complexity index is 714. The number of esters is 3. The molecule has 0 saturated carbocycles. The minimum atomic E-state index is -0.593. The summed E-state index contributed by atoms with van der Waals surface area (Å²) in [6.45, 7) is 17.2. The van der Waals surface area contributed by atoms with E-state index in [0.717, 1.165) is 18.2 Å². The fourth-order valence-corrected chi connectivity index (χ4v) is 3.19. The van der Waals surface area contributed by atoms with Crippen molar-refractivity contribution in [3.63, 3.8) is 0 Å². The fraction of sp³-hybridized carbons (Fsp3) is 0.690. The molecule has 11 heteroatoms. The molecule has 0 fully saturated rings. The number of carbonyl (C=O) groups is 3. The van der Waals surface area contributed by atoms with E-state index in [-0.39, 0.29) is 39.6 Å². The molecule has 1 atom stereocenters. The van der Waals surface area contributed by atoms with Gasteiger partial charge in [-0.2, -0.15) is 0 Å². The van der Waals surface area contributed by atoms with Crippen LogP contribution in [0.2, 0.25) is 0 Å². The highest BCUT2D eigenvalue weighted by Crippen LogP contribution is 2.25. The maximum Gasteiger partial charge on any atom is 0.330 e. The lowest BCUT2D eigenvalue weighted by Crippen LogP contribution is -2.40. The van der Waals surface area contributed by atoms with Gasteiger partial charge in [0, 0.05) is 68.1 Å². The summed E-state index contributed by atoms with van der Waals surface area (Å²) < 4.78 is 38.3. The van der Waals surface area contributed by atoms with Crippen LogP contribution in [0.15, 0.2) is 38.0 Å². The van der Waals surface area contributed by atoms with E-state index >= 15 is 0 Å². The number of ether oxygens (including phenoxy) is 7. The molecule has 0 aromatic carbocycles. The first kappa shape index (κ1) is 37.4. The van der Waals surface area contributed by atoms with Crippen LogP contribution in [0.4, 0.5) is 0 Å². The molecule has 0 heterocycles. The number of hydrogen-bond donors (Lipinski definition) is 1. The first-order valence-electron chi connectivity index (χ1n) is 13.5. The van der Waals surface area contributed by atoms with Crippen molar-refractivity contribution in [2.75, 3.05) is 79.3 Å². The van der Waals surface area contributed by atoms with Gasteiger partial charge in [0.05, 0.1) is 59.5 Å². The summed E-state index contributed by atoms with van der Waals surface area (Å²) >= 11 is 0. The quantitative estimate of drug-likeness (QED) is 0.0673. The van der Waals surface area contributed by atoms with Gasteiger partial charge in [0.2, 0.25) is 0 Å². The van der Waals surface area contributed by atoms with Crippen molar-refractivity contribution in [1.29, 1.82) is 0 Å². The Hall–Kier alpha value is -2.57. The number of carbonyl (C=O) groups excluding carboxylic acids is 3. The molecule has 0 amide bonds. The number of hydrogen-bond acceptors (Lipinski definition) is 11. The van der Waals surface area contributed by atoms with Gasteiger partial charge in [-0.15, -0.1) is 0 Å². The molecule has 1 unspecified atom stereocenters. The Balaban J connectivity index is 4.76. The van der Waals surface area contributed by atoms with Crippen LogP contribution in [0.3, 0.4) is 0 Å². The van der Waals surface area contributed by atoms with E-state index < -0.39 is 28.7 Å². The maximum absolute atomic E-state index is 11.2. The number of rotatable bonds is 27. The predicted octanol–water partition coefficient (Wildman–Crippen LogP) is 2.81. The third-order valence-electron chi connectivity index (χ3n) is 5.79. The molecule has 0 aliphatic rings. The van der Waals surface area contributed by atoms with Gasteiger partial charge in [0.1, 0.15) is 0 Å². The van der Waals surface area contributed by atoms with Crippen LogP contribution in [0.5, 0.6) is 0 Å². The van der Waals surface area contributed by atoms with Crippen molar-refractivity contribution < 1.29 is 52.6 Å². The van der Waals surface area contributed by atoms with E-state index in [1.165, 1.54) is 0 Å². The van der Waals surface area contributed by atoms with E-state index in [1.807, 2.05) is 13.8 Å². The molecule has 0 spiro atoms. The third-order valence-corrected chi connectivity index (χ3v) is 5.79. The first-order valence-corrected chi connectivity index (χ1v) is 13.5. The highest BCUT2D eigenvalue weighted by molar-refractivity contribution is 5.81. The molecule has 0 radical (unpaired) electrons. The second-order valence-electron chi connectivity index (χ2n) is 9.65. The van der Waals surface area contributed by atoms with Crippen LogP contribution in [-0.2, 0) is 47.5 Å². The molecule has 0 bridgehead atoms. The molecule has 230 valence electrons. The second kappa shape index (κ2) is 23.2. The third kappa shape index (κ3) is 18.7. The summed E-state index contributed by atoms with van der Waals surface area (Å²) in [7, 11) is 0. The molecule has 0 aliphatic heterocycles. The summed E-state index contributed by atoms with van der Waals surface area (Å²) in [4.78, 5) is 33.4. The Kier molecular flexibility index (Phi) is 21.7. The zero-order valence-corrected chi connectivity index (χ0v) is 24.2. The Morgan fingerprint density at radius 2 is 0.975 bits per heavy atom. The van der Waals surface area contributed by atoms with E-state index in [1.54, 1.807) is 0 Å². The largest absolute Gasteiger partial charge is 0.462 e. The van der Waals surface area contributed by atoms with Crippen LogP contribution in [0, 0.1) is 10.8 Å². The SMILES string of the molecule is C=CC(=O)OCCCOCC(C)(COCCCOC(=O)C=C)COCC(CC)(CO)COCCCOC(=O)C=C. The van der Waals surface area contributed by atoms with Crippen LogP contribution in [0.25, 0.3) is 0 Å². The summed E-state index contributed by atoms with van der Waals surface area (Å²) in [5.41, 5.74) is -1.11. The Labute approximate surface area is 238 Å². The monoisotopic (exact) mass is 572 g/mol. The molecule has 0 saturated heterocycles. The smallest absolute Gasteiger partial charge is 0.330 e. The molecule has 1 N–H and O–H groups in total. The Morgan fingerprint density at radius 1 is 0.625 bits per heavy atom. The van der Waals surface area contributed by atoms with Crippen molar-refractivity contribution in [2.45, 2.75) is 39.5 Å². The van der Waals surface area contributed by atoms with Crippen LogP contribution >= 0.6 is 0 Å². The molecular formula is C29H48O11.